The molecule has 1 aliphatic rings. The van der Waals surface area contributed by atoms with Crippen LogP contribution in [0.4, 0.5) is 5.69 Å². The third-order valence-corrected chi connectivity index (χ3v) is 6.96. The standard InChI is InChI=1S/C21H23ClN2O6S/c1-15(30-20(25)10-7-16-6-5-13-29-16)21(26)23-19-14-17(8-9-18(19)22)31(27,28)24-11-3-2-4-12-24/h5-10,13-15H,2-4,11-12H2,1H3,(H,23,26)/b10-7+. The minimum Gasteiger partial charge on any atom is -0.465 e. The zero-order valence-electron chi connectivity index (χ0n) is 16.9. The molecule has 1 N–H and O–H groups in total. The van der Waals surface area contributed by atoms with Crippen LogP contribution in [0.25, 0.3) is 6.08 Å². The van der Waals surface area contributed by atoms with Crippen molar-refractivity contribution in [3.05, 3.63) is 53.5 Å². The average Bonchev–Trinajstić information content (AvgIpc) is 3.28. The number of carbonyl (C=O) groups excluding carboxylic acids is 2. The van der Waals surface area contributed by atoms with Gasteiger partial charge in [0.05, 0.1) is 21.9 Å². The Morgan fingerprint density at radius 3 is 2.65 bits per heavy atom. The first kappa shape index (κ1) is 23.1. The molecule has 0 saturated carbocycles. The molecule has 1 aliphatic heterocycles. The van der Waals surface area contributed by atoms with E-state index in [9.17, 15) is 18.0 Å². The lowest BCUT2D eigenvalue weighted by Gasteiger charge is -2.26. The van der Waals surface area contributed by atoms with E-state index in [2.05, 4.69) is 5.32 Å². The van der Waals surface area contributed by atoms with E-state index >= 15 is 0 Å². The molecule has 1 amide bonds. The molecule has 10 heteroatoms. The lowest BCUT2D eigenvalue weighted by molar-refractivity contribution is -0.148. The number of nitrogens with one attached hydrogen (secondary N) is 1. The van der Waals surface area contributed by atoms with Gasteiger partial charge in [-0.2, -0.15) is 4.31 Å². The fraction of sp³-hybridized carbons (Fsp3) is 0.333. The molecule has 3 rings (SSSR count). The van der Waals surface area contributed by atoms with E-state index in [0.717, 1.165) is 25.3 Å². The molecule has 2 heterocycles. The van der Waals surface area contributed by atoms with Crippen LogP contribution in [-0.4, -0.2) is 43.8 Å². The smallest absolute Gasteiger partial charge is 0.331 e. The molecule has 0 radical (unpaired) electrons. The van der Waals surface area contributed by atoms with Gasteiger partial charge in [-0.3, -0.25) is 4.79 Å². The van der Waals surface area contributed by atoms with Crippen LogP contribution in [0.2, 0.25) is 5.02 Å². The van der Waals surface area contributed by atoms with Gasteiger partial charge < -0.3 is 14.5 Å². The highest BCUT2D eigenvalue weighted by Crippen LogP contribution is 2.28. The van der Waals surface area contributed by atoms with Gasteiger partial charge in [0.25, 0.3) is 5.91 Å². The molecule has 1 aromatic carbocycles. The molecular weight excluding hydrogens is 444 g/mol. The molecule has 1 saturated heterocycles. The Labute approximate surface area is 185 Å². The van der Waals surface area contributed by atoms with Crippen molar-refractivity contribution < 1.29 is 27.2 Å². The van der Waals surface area contributed by atoms with Crippen molar-refractivity contribution in [1.29, 1.82) is 0 Å². The molecule has 1 fully saturated rings. The number of hydrogen-bond donors (Lipinski definition) is 1. The Morgan fingerprint density at radius 1 is 1.23 bits per heavy atom. The first-order chi connectivity index (χ1) is 14.8. The number of carbonyl (C=O) groups is 2. The van der Waals surface area contributed by atoms with Crippen molar-refractivity contribution in [2.24, 2.45) is 0 Å². The van der Waals surface area contributed by atoms with Gasteiger partial charge in [0, 0.05) is 19.2 Å². The van der Waals surface area contributed by atoms with Crippen LogP contribution in [0.15, 0.2) is 52.0 Å². The fourth-order valence-corrected chi connectivity index (χ4v) is 4.76. The number of hydrogen-bond acceptors (Lipinski definition) is 6. The summed E-state index contributed by atoms with van der Waals surface area (Å²) in [5.41, 5.74) is 0.124. The maximum Gasteiger partial charge on any atom is 0.331 e. The van der Waals surface area contributed by atoms with Crippen LogP contribution >= 0.6 is 11.6 Å². The zero-order chi connectivity index (χ0) is 22.4. The Kier molecular flexibility index (Phi) is 7.53. The molecule has 31 heavy (non-hydrogen) atoms. The minimum absolute atomic E-state index is 0.0418. The van der Waals surface area contributed by atoms with Gasteiger partial charge >= 0.3 is 5.97 Å². The van der Waals surface area contributed by atoms with E-state index in [-0.39, 0.29) is 15.6 Å². The maximum absolute atomic E-state index is 12.9. The van der Waals surface area contributed by atoms with Crippen molar-refractivity contribution in [2.75, 3.05) is 18.4 Å². The lowest BCUT2D eigenvalue weighted by Crippen LogP contribution is -2.35. The van der Waals surface area contributed by atoms with E-state index in [1.807, 2.05) is 0 Å². The van der Waals surface area contributed by atoms with E-state index in [1.165, 1.54) is 41.8 Å². The Bertz CT molecular complexity index is 1060. The number of furan rings is 1. The van der Waals surface area contributed by atoms with Gasteiger partial charge in [0.1, 0.15) is 5.76 Å². The van der Waals surface area contributed by atoms with Crippen LogP contribution in [0.1, 0.15) is 31.9 Å². The second-order valence-electron chi connectivity index (χ2n) is 7.02. The van der Waals surface area contributed by atoms with Gasteiger partial charge in [-0.15, -0.1) is 0 Å². The summed E-state index contributed by atoms with van der Waals surface area (Å²) >= 11 is 6.14. The van der Waals surface area contributed by atoms with Gasteiger partial charge in [0.15, 0.2) is 6.10 Å². The van der Waals surface area contributed by atoms with Crippen LogP contribution in [-0.2, 0) is 24.3 Å². The molecule has 1 aromatic heterocycles. The molecule has 166 valence electrons. The predicted molar refractivity (Wildman–Crippen MR) is 116 cm³/mol. The number of nitrogens with zero attached hydrogens (tertiary/aromatic N) is 1. The summed E-state index contributed by atoms with van der Waals surface area (Å²) in [5, 5.41) is 2.70. The van der Waals surface area contributed by atoms with E-state index < -0.39 is 28.0 Å². The molecule has 0 aliphatic carbocycles. The summed E-state index contributed by atoms with van der Waals surface area (Å²) in [6.45, 7) is 2.33. The number of benzene rings is 1. The van der Waals surface area contributed by atoms with E-state index in [1.54, 1.807) is 12.1 Å². The Hall–Kier alpha value is -2.62. The highest BCUT2D eigenvalue weighted by atomic mass is 35.5. The normalized spacial score (nSPS) is 16.2. The van der Waals surface area contributed by atoms with Gasteiger partial charge in [-0.25, -0.2) is 13.2 Å². The SMILES string of the molecule is CC(OC(=O)/C=C/c1ccco1)C(=O)Nc1cc(S(=O)(=O)N2CCCCC2)ccc1Cl. The lowest BCUT2D eigenvalue weighted by atomic mass is 10.2. The number of anilines is 1. The second-order valence-corrected chi connectivity index (χ2v) is 9.37. The van der Waals surface area contributed by atoms with Crippen molar-refractivity contribution >= 4 is 45.3 Å². The molecule has 8 nitrogen and oxygen atoms in total. The number of amides is 1. The minimum atomic E-state index is -3.69. The van der Waals surface area contributed by atoms with Gasteiger partial charge in [-0.1, -0.05) is 18.0 Å². The average molecular weight is 467 g/mol. The highest BCUT2D eigenvalue weighted by molar-refractivity contribution is 7.89. The Balaban J connectivity index is 1.66. The number of ether oxygens (including phenoxy) is 1. The Morgan fingerprint density at radius 2 is 1.97 bits per heavy atom. The van der Waals surface area contributed by atoms with Crippen LogP contribution < -0.4 is 5.32 Å². The predicted octanol–water partition coefficient (Wildman–Crippen LogP) is 3.69. The van der Waals surface area contributed by atoms with Gasteiger partial charge in [0.2, 0.25) is 10.0 Å². The van der Waals surface area contributed by atoms with Crippen LogP contribution in [0.3, 0.4) is 0 Å². The van der Waals surface area contributed by atoms with Crippen LogP contribution in [0.5, 0.6) is 0 Å². The largest absolute Gasteiger partial charge is 0.465 e. The van der Waals surface area contributed by atoms with E-state index in [4.69, 9.17) is 20.8 Å². The monoisotopic (exact) mass is 466 g/mol. The van der Waals surface area contributed by atoms with E-state index in [0.29, 0.717) is 18.8 Å². The summed E-state index contributed by atoms with van der Waals surface area (Å²) in [4.78, 5) is 24.4. The number of esters is 1. The van der Waals surface area contributed by atoms with Gasteiger partial charge in [-0.05, 0) is 56.2 Å². The van der Waals surface area contributed by atoms with Crippen molar-refractivity contribution in [1.82, 2.24) is 4.31 Å². The molecule has 2 aromatic rings. The molecule has 0 spiro atoms. The van der Waals surface area contributed by atoms with Crippen LogP contribution in [0, 0.1) is 0 Å². The third kappa shape index (κ3) is 5.96. The van der Waals surface area contributed by atoms with Crippen molar-refractivity contribution in [2.45, 2.75) is 37.2 Å². The van der Waals surface area contributed by atoms with Crippen molar-refractivity contribution in [3.8, 4) is 0 Å². The molecule has 1 atom stereocenters. The number of rotatable bonds is 7. The summed E-state index contributed by atoms with van der Waals surface area (Å²) < 4.78 is 37.3. The summed E-state index contributed by atoms with van der Waals surface area (Å²) in [7, 11) is -3.69. The first-order valence-corrected chi connectivity index (χ1v) is 11.6. The molecule has 1 unspecified atom stereocenters. The quantitative estimate of drug-likeness (QED) is 0.492. The number of halogens is 1. The second kappa shape index (κ2) is 10.1. The van der Waals surface area contributed by atoms with Crippen molar-refractivity contribution in [3.63, 3.8) is 0 Å². The summed E-state index contributed by atoms with van der Waals surface area (Å²) in [5.74, 6) is -0.909. The fourth-order valence-electron chi connectivity index (χ4n) is 3.05. The summed E-state index contributed by atoms with van der Waals surface area (Å²) in [6.07, 6.45) is 5.51. The first-order valence-electron chi connectivity index (χ1n) is 9.80. The molecular formula is C21H23ClN2O6S. The topological polar surface area (TPSA) is 106 Å². The number of sulfonamides is 1. The number of piperidine rings is 1. The third-order valence-electron chi connectivity index (χ3n) is 4.74. The maximum atomic E-state index is 12.9. The molecule has 0 bridgehead atoms. The zero-order valence-corrected chi connectivity index (χ0v) is 18.5. The highest BCUT2D eigenvalue weighted by Gasteiger charge is 2.27. The summed E-state index contributed by atoms with van der Waals surface area (Å²) in [6, 6.07) is 7.47.